The summed E-state index contributed by atoms with van der Waals surface area (Å²) < 4.78 is 7.61. The largest absolute Gasteiger partial charge is 0.488 e. The first kappa shape index (κ1) is 25.7. The summed E-state index contributed by atoms with van der Waals surface area (Å²) in [4.78, 5) is 22.2. The zero-order chi connectivity index (χ0) is 26.2. The quantitative estimate of drug-likeness (QED) is 0.502. The van der Waals surface area contributed by atoms with Crippen molar-refractivity contribution in [3.05, 3.63) is 64.1 Å². The molecule has 0 spiro atoms. The summed E-state index contributed by atoms with van der Waals surface area (Å²) in [6.07, 6.45) is 0.998. The first-order valence-corrected chi connectivity index (χ1v) is 12.7. The smallest absolute Gasteiger partial charge is 0.252 e. The van der Waals surface area contributed by atoms with Crippen molar-refractivity contribution in [3.8, 4) is 11.8 Å². The first-order valence-electron chi connectivity index (χ1n) is 12.7. The van der Waals surface area contributed by atoms with Gasteiger partial charge in [0.1, 0.15) is 28.6 Å². The van der Waals surface area contributed by atoms with Gasteiger partial charge < -0.3 is 14.2 Å². The Bertz CT molecular complexity index is 1330. The van der Waals surface area contributed by atoms with Crippen molar-refractivity contribution in [2.75, 3.05) is 18.0 Å². The number of aromatic nitrogens is 2. The van der Waals surface area contributed by atoms with Crippen molar-refractivity contribution in [2.24, 2.45) is 7.05 Å². The van der Waals surface area contributed by atoms with Crippen LogP contribution in [0.5, 0.6) is 5.75 Å². The summed E-state index contributed by atoms with van der Waals surface area (Å²) in [5.74, 6) is 0.883. The zero-order valence-corrected chi connectivity index (χ0v) is 22.4. The second-order valence-electron chi connectivity index (χ2n) is 10.9. The molecule has 190 valence electrons. The van der Waals surface area contributed by atoms with E-state index < -0.39 is 0 Å². The topological polar surface area (TPSA) is 74.4 Å². The molecular weight excluding hydrogens is 450 g/mol. The van der Waals surface area contributed by atoms with E-state index in [-0.39, 0.29) is 29.3 Å². The monoisotopic (exact) mass is 487 g/mol. The lowest BCUT2D eigenvalue weighted by molar-refractivity contribution is 0.107. The second-order valence-corrected chi connectivity index (χ2v) is 10.9. The average molecular weight is 488 g/mol. The number of fused-ring (bicyclic) bond motifs is 1. The summed E-state index contributed by atoms with van der Waals surface area (Å²) >= 11 is 0. The molecule has 36 heavy (non-hydrogen) atoms. The summed E-state index contributed by atoms with van der Waals surface area (Å²) in [6, 6.07) is 16.5. The van der Waals surface area contributed by atoms with Crippen LogP contribution in [0.4, 0.5) is 5.69 Å². The minimum atomic E-state index is -0.225. The third-order valence-corrected chi connectivity index (χ3v) is 7.00. The van der Waals surface area contributed by atoms with E-state index in [9.17, 15) is 10.1 Å². The number of hydrogen-bond donors (Lipinski definition) is 0. The molecule has 3 atom stereocenters. The molecular formula is C29H37N5O2. The Balaban J connectivity index is 1.62. The highest BCUT2D eigenvalue weighted by molar-refractivity contribution is 5.89. The molecule has 1 aliphatic rings. The number of aryl methyl sites for hydroxylation is 1. The summed E-state index contributed by atoms with van der Waals surface area (Å²) in [6.45, 7) is 14.5. The van der Waals surface area contributed by atoms with Gasteiger partial charge >= 0.3 is 0 Å². The summed E-state index contributed by atoms with van der Waals surface area (Å²) in [5.41, 5.74) is 3.58. The number of anilines is 1. The summed E-state index contributed by atoms with van der Waals surface area (Å²) in [5, 5.41) is 9.41. The van der Waals surface area contributed by atoms with Crippen molar-refractivity contribution >= 4 is 16.7 Å². The van der Waals surface area contributed by atoms with Gasteiger partial charge in [-0.25, -0.2) is 4.98 Å². The van der Waals surface area contributed by atoms with E-state index >= 15 is 0 Å². The van der Waals surface area contributed by atoms with Crippen LogP contribution in [-0.4, -0.2) is 45.2 Å². The summed E-state index contributed by atoms with van der Waals surface area (Å²) in [7, 11) is 1.75. The fourth-order valence-corrected chi connectivity index (χ4v) is 5.29. The maximum Gasteiger partial charge on any atom is 0.252 e. The fraction of sp³-hybridized carbons (Fsp3) is 0.483. The van der Waals surface area contributed by atoms with E-state index in [1.54, 1.807) is 23.7 Å². The van der Waals surface area contributed by atoms with Crippen molar-refractivity contribution in [3.63, 3.8) is 0 Å². The predicted octanol–water partition coefficient (Wildman–Crippen LogP) is 5.03. The van der Waals surface area contributed by atoms with Gasteiger partial charge in [0.05, 0.1) is 11.2 Å². The number of piperazine rings is 1. The molecule has 1 unspecified atom stereocenters. The van der Waals surface area contributed by atoms with Crippen molar-refractivity contribution in [1.82, 2.24) is 14.5 Å². The highest BCUT2D eigenvalue weighted by Gasteiger charge is 2.34. The second kappa shape index (κ2) is 9.94. The van der Waals surface area contributed by atoms with E-state index in [2.05, 4.69) is 86.7 Å². The van der Waals surface area contributed by atoms with Gasteiger partial charge in [-0.1, -0.05) is 19.1 Å². The van der Waals surface area contributed by atoms with Crippen molar-refractivity contribution < 1.29 is 4.74 Å². The molecule has 3 heterocycles. The van der Waals surface area contributed by atoms with Gasteiger partial charge in [0.25, 0.3) is 5.56 Å². The molecule has 0 saturated carbocycles. The Morgan fingerprint density at radius 1 is 1.11 bits per heavy atom. The van der Waals surface area contributed by atoms with Gasteiger partial charge in [0.15, 0.2) is 0 Å². The minimum absolute atomic E-state index is 0.0738. The van der Waals surface area contributed by atoms with E-state index in [0.717, 1.165) is 36.5 Å². The number of hydrogen-bond acceptors (Lipinski definition) is 6. The lowest BCUT2D eigenvalue weighted by atomic mass is 9.97. The number of pyridine rings is 2. The highest BCUT2D eigenvalue weighted by Crippen LogP contribution is 2.34. The highest BCUT2D eigenvalue weighted by atomic mass is 16.5. The van der Waals surface area contributed by atoms with Gasteiger partial charge in [0.2, 0.25) is 0 Å². The molecule has 4 rings (SSSR count). The number of nitrogens with zero attached hydrogens (tertiary/aromatic N) is 5. The third-order valence-electron chi connectivity index (χ3n) is 7.00. The van der Waals surface area contributed by atoms with Crippen LogP contribution in [0.3, 0.4) is 0 Å². The lowest BCUT2D eigenvalue weighted by Gasteiger charge is -2.48. The molecule has 7 heteroatoms. The van der Waals surface area contributed by atoms with Gasteiger partial charge in [-0.05, 0) is 70.9 Å². The van der Waals surface area contributed by atoms with Crippen LogP contribution >= 0.6 is 0 Å². The van der Waals surface area contributed by atoms with Gasteiger partial charge in [-0.15, -0.1) is 0 Å². The van der Waals surface area contributed by atoms with Crippen LogP contribution in [0.2, 0.25) is 0 Å². The molecule has 2 aromatic heterocycles. The molecule has 1 aliphatic heterocycles. The SMILES string of the molecule is CCC(c1ccc(OC(C)(C)C)cc1)N1C[C@H](C)N(c2cc(=O)n(C)c3ccc(C#N)nc23)C[C@H]1C. The first-order chi connectivity index (χ1) is 17.0. The lowest BCUT2D eigenvalue weighted by Crippen LogP contribution is -2.57. The number of benzene rings is 1. The molecule has 0 bridgehead atoms. The third kappa shape index (κ3) is 5.10. The van der Waals surface area contributed by atoms with E-state index in [1.807, 2.05) is 6.07 Å². The molecule has 3 aromatic rings. The normalized spacial score (nSPS) is 19.8. The molecule has 0 radical (unpaired) electrons. The molecule has 0 aliphatic carbocycles. The maximum atomic E-state index is 12.8. The number of rotatable bonds is 5. The standard InChI is InChI=1S/C29H37N5O2/c1-8-24(21-9-12-23(13-10-21)36-29(4,5)6)33-17-20(3)34(18-19(33)2)26-15-27(35)32(7)25-14-11-22(16-30)31-28(25)26/h9-15,19-20,24H,8,17-18H2,1-7H3/t19-,20+,24?/m1/s1. The van der Waals surface area contributed by atoms with E-state index in [0.29, 0.717) is 11.2 Å². The zero-order valence-electron chi connectivity index (χ0n) is 22.4. The average Bonchev–Trinajstić information content (AvgIpc) is 2.83. The van der Waals surface area contributed by atoms with Crippen molar-refractivity contribution in [2.45, 2.75) is 71.7 Å². The molecule has 1 fully saturated rings. The molecule has 1 saturated heterocycles. The molecule has 0 N–H and O–H groups in total. The minimum Gasteiger partial charge on any atom is -0.488 e. The van der Waals surface area contributed by atoms with Gasteiger partial charge in [-0.2, -0.15) is 5.26 Å². The van der Waals surface area contributed by atoms with Crippen LogP contribution in [0.25, 0.3) is 11.0 Å². The fourth-order valence-electron chi connectivity index (χ4n) is 5.29. The van der Waals surface area contributed by atoms with Crippen molar-refractivity contribution in [1.29, 1.82) is 5.26 Å². The molecule has 7 nitrogen and oxygen atoms in total. The van der Waals surface area contributed by atoms with Gasteiger partial charge in [-0.3, -0.25) is 9.69 Å². The Morgan fingerprint density at radius 2 is 1.81 bits per heavy atom. The Kier molecular flexibility index (Phi) is 7.10. The number of ether oxygens (including phenoxy) is 1. The van der Waals surface area contributed by atoms with Gasteiger partial charge in [0, 0.05) is 44.3 Å². The maximum absolute atomic E-state index is 12.8. The van der Waals surface area contributed by atoms with Crippen LogP contribution in [0.1, 0.15) is 65.3 Å². The Hall–Kier alpha value is -3.37. The molecule has 0 amide bonds. The van der Waals surface area contributed by atoms with Crippen LogP contribution < -0.4 is 15.2 Å². The predicted molar refractivity (Wildman–Crippen MR) is 145 cm³/mol. The van der Waals surface area contributed by atoms with Crippen LogP contribution in [0.15, 0.2) is 47.3 Å². The Labute approximate surface area is 213 Å². The van der Waals surface area contributed by atoms with Crippen LogP contribution in [0, 0.1) is 11.3 Å². The van der Waals surface area contributed by atoms with E-state index in [4.69, 9.17) is 4.74 Å². The van der Waals surface area contributed by atoms with Crippen LogP contribution in [-0.2, 0) is 7.05 Å². The van der Waals surface area contributed by atoms with E-state index in [1.165, 1.54) is 5.56 Å². The number of nitriles is 1. The Morgan fingerprint density at radius 3 is 2.42 bits per heavy atom. The molecule has 1 aromatic carbocycles.